The molecule has 1 aromatic carbocycles. The van der Waals surface area contributed by atoms with Gasteiger partial charge in [0.15, 0.2) is 0 Å². The second kappa shape index (κ2) is 13.2. The van der Waals surface area contributed by atoms with E-state index in [4.69, 9.17) is 9.47 Å². The van der Waals surface area contributed by atoms with Gasteiger partial charge >= 0.3 is 11.9 Å². The number of carbonyl (C=O) groups excluding carboxylic acids is 3. The molecule has 0 fully saturated rings. The van der Waals surface area contributed by atoms with Gasteiger partial charge in [0.25, 0.3) is 0 Å². The van der Waals surface area contributed by atoms with Crippen molar-refractivity contribution in [2.75, 3.05) is 39.3 Å². The quantitative estimate of drug-likeness (QED) is 0.325. The van der Waals surface area contributed by atoms with Crippen molar-refractivity contribution in [3.05, 3.63) is 35.9 Å². The molecule has 1 atom stereocenters. The van der Waals surface area contributed by atoms with Gasteiger partial charge in [-0.05, 0) is 31.8 Å². The summed E-state index contributed by atoms with van der Waals surface area (Å²) in [5, 5.41) is 2.69. The molecule has 0 aliphatic heterocycles. The molecular weight excluding hydrogens is 369 g/mol. The highest BCUT2D eigenvalue weighted by molar-refractivity contribution is 7.99. The van der Waals surface area contributed by atoms with Crippen LogP contribution in [0.15, 0.2) is 30.3 Å². The molecule has 0 aliphatic carbocycles. The highest BCUT2D eigenvalue weighted by Gasteiger charge is 2.21. The summed E-state index contributed by atoms with van der Waals surface area (Å²) >= 11 is 1.36. The van der Waals surface area contributed by atoms with E-state index in [1.54, 1.807) is 0 Å². The van der Waals surface area contributed by atoms with Crippen molar-refractivity contribution < 1.29 is 23.9 Å². The van der Waals surface area contributed by atoms with Crippen molar-refractivity contribution in [3.8, 4) is 0 Å². The number of nitrogens with zero attached hydrogens (tertiary/aromatic N) is 1. The molecule has 0 bridgehead atoms. The fraction of sp³-hybridized carbons (Fsp3) is 0.526. The lowest BCUT2D eigenvalue weighted by atomic mass is 10.2. The summed E-state index contributed by atoms with van der Waals surface area (Å²) in [5.41, 5.74) is 0.932. The first-order chi connectivity index (χ1) is 12.9. The Labute approximate surface area is 164 Å². The Morgan fingerprint density at radius 1 is 1.19 bits per heavy atom. The highest BCUT2D eigenvalue weighted by atomic mass is 32.2. The smallest absolute Gasteiger partial charge is 0.328 e. The van der Waals surface area contributed by atoms with Crippen LogP contribution >= 0.6 is 11.8 Å². The zero-order chi connectivity index (χ0) is 20.1. The molecule has 0 unspecified atom stereocenters. The van der Waals surface area contributed by atoms with Gasteiger partial charge in [0.2, 0.25) is 5.91 Å². The van der Waals surface area contributed by atoms with Gasteiger partial charge in [-0.3, -0.25) is 9.59 Å². The van der Waals surface area contributed by atoms with E-state index in [2.05, 4.69) is 5.32 Å². The van der Waals surface area contributed by atoms with Crippen molar-refractivity contribution in [1.82, 2.24) is 10.2 Å². The van der Waals surface area contributed by atoms with Crippen molar-refractivity contribution in [3.63, 3.8) is 0 Å². The number of methoxy groups -OCH3 is 1. The Morgan fingerprint density at radius 3 is 2.52 bits per heavy atom. The molecule has 27 heavy (non-hydrogen) atoms. The number of thioether (sulfide) groups is 1. The van der Waals surface area contributed by atoms with E-state index in [0.29, 0.717) is 25.1 Å². The molecule has 0 saturated heterocycles. The number of benzene rings is 1. The third-order valence-corrected chi connectivity index (χ3v) is 4.58. The summed E-state index contributed by atoms with van der Waals surface area (Å²) < 4.78 is 9.94. The first kappa shape index (κ1) is 23.0. The molecule has 0 radical (unpaired) electrons. The first-order valence-corrected chi connectivity index (χ1v) is 9.87. The van der Waals surface area contributed by atoms with Crippen molar-refractivity contribution in [2.24, 2.45) is 0 Å². The molecule has 150 valence electrons. The maximum absolute atomic E-state index is 11.9. The largest absolute Gasteiger partial charge is 0.467 e. The molecule has 0 spiro atoms. The normalized spacial score (nSPS) is 11.7. The van der Waals surface area contributed by atoms with Crippen LogP contribution in [-0.4, -0.2) is 68.0 Å². The lowest BCUT2D eigenvalue weighted by Gasteiger charge is -2.17. The summed E-state index contributed by atoms with van der Waals surface area (Å²) in [6.45, 7) is 0.842. The number of amides is 1. The van der Waals surface area contributed by atoms with Crippen LogP contribution in [0.5, 0.6) is 0 Å². The number of nitrogens with one attached hydrogen (secondary N) is 1. The first-order valence-electron chi connectivity index (χ1n) is 8.71. The Morgan fingerprint density at radius 2 is 1.89 bits per heavy atom. The van der Waals surface area contributed by atoms with Gasteiger partial charge in [-0.25, -0.2) is 4.79 Å². The molecule has 0 aliphatic rings. The SMILES string of the molecule is COC(=O)[C@H](CCS[13CH2]C(=O)OCc1ccccc1)NC(=O)CCN(C)C. The Balaban J connectivity index is 2.28. The van der Waals surface area contributed by atoms with Crippen molar-refractivity contribution in [1.29, 1.82) is 0 Å². The van der Waals surface area contributed by atoms with Gasteiger partial charge in [0.05, 0.1) is 12.9 Å². The molecule has 0 saturated carbocycles. The predicted octanol–water partition coefficient (Wildman–Crippen LogP) is 1.46. The standard InChI is InChI=1S/C19H28N2O5S/c1-21(2)11-9-17(22)20-16(19(24)25-3)10-12-27-14-18(23)26-13-15-7-5-4-6-8-15/h4-8,16H,9-14H2,1-3H3,(H,20,22)/t16-/m0/s1/i14+1. The number of ether oxygens (including phenoxy) is 2. The van der Waals surface area contributed by atoms with E-state index in [-0.39, 0.29) is 24.2 Å². The number of hydrogen-bond donors (Lipinski definition) is 1. The van der Waals surface area contributed by atoms with E-state index in [1.807, 2.05) is 49.3 Å². The number of hydrogen-bond acceptors (Lipinski definition) is 7. The average Bonchev–Trinajstić information content (AvgIpc) is 2.67. The third-order valence-electron chi connectivity index (χ3n) is 3.62. The fourth-order valence-electron chi connectivity index (χ4n) is 2.12. The summed E-state index contributed by atoms with van der Waals surface area (Å²) in [7, 11) is 5.03. The Bertz CT molecular complexity index is 595. The number of carbonyl (C=O) groups is 3. The molecule has 7 nitrogen and oxygen atoms in total. The monoisotopic (exact) mass is 397 g/mol. The minimum atomic E-state index is -0.711. The zero-order valence-corrected chi connectivity index (χ0v) is 16.9. The molecular formula is C19H28N2O5S. The second-order valence-electron chi connectivity index (χ2n) is 6.18. The Hall–Kier alpha value is -2.06. The van der Waals surface area contributed by atoms with E-state index in [1.165, 1.54) is 18.9 Å². The lowest BCUT2D eigenvalue weighted by molar-refractivity contribution is -0.145. The van der Waals surface area contributed by atoms with Gasteiger partial charge in [0, 0.05) is 13.0 Å². The average molecular weight is 398 g/mol. The van der Waals surface area contributed by atoms with Crippen LogP contribution in [0.1, 0.15) is 18.4 Å². The van der Waals surface area contributed by atoms with Crippen LogP contribution in [0.2, 0.25) is 0 Å². The van der Waals surface area contributed by atoms with Gasteiger partial charge in [-0.15, -0.1) is 0 Å². The van der Waals surface area contributed by atoms with Crippen LogP contribution in [0, 0.1) is 0 Å². The summed E-state index contributed by atoms with van der Waals surface area (Å²) in [6.07, 6.45) is 0.691. The maximum Gasteiger partial charge on any atom is 0.328 e. The predicted molar refractivity (Wildman–Crippen MR) is 105 cm³/mol. The molecule has 1 N–H and O–H groups in total. The molecule has 0 heterocycles. The summed E-state index contributed by atoms with van der Waals surface area (Å²) in [5.74, 6) is -0.288. The van der Waals surface area contributed by atoms with E-state index >= 15 is 0 Å². The highest BCUT2D eigenvalue weighted by Crippen LogP contribution is 2.09. The maximum atomic E-state index is 11.9. The van der Waals surface area contributed by atoms with Gasteiger partial charge < -0.3 is 19.7 Å². The van der Waals surface area contributed by atoms with Crippen LogP contribution in [0.4, 0.5) is 0 Å². The molecule has 1 rings (SSSR count). The number of esters is 2. The van der Waals surface area contributed by atoms with Crippen molar-refractivity contribution >= 4 is 29.6 Å². The van der Waals surface area contributed by atoms with Crippen LogP contribution in [0.3, 0.4) is 0 Å². The summed E-state index contributed by atoms with van der Waals surface area (Å²) in [6, 6.07) is 8.74. The van der Waals surface area contributed by atoms with Crippen LogP contribution < -0.4 is 5.32 Å². The second-order valence-corrected chi connectivity index (χ2v) is 7.29. The van der Waals surface area contributed by atoms with Crippen molar-refractivity contribution in [2.45, 2.75) is 25.5 Å². The minimum absolute atomic E-state index is 0.190. The van der Waals surface area contributed by atoms with Gasteiger partial charge in [-0.2, -0.15) is 11.8 Å². The Kier molecular flexibility index (Phi) is 11.2. The lowest BCUT2D eigenvalue weighted by Crippen LogP contribution is -2.42. The topological polar surface area (TPSA) is 84.9 Å². The van der Waals surface area contributed by atoms with E-state index < -0.39 is 12.0 Å². The van der Waals surface area contributed by atoms with Crippen LogP contribution in [0.25, 0.3) is 0 Å². The van der Waals surface area contributed by atoms with E-state index in [9.17, 15) is 14.4 Å². The summed E-state index contributed by atoms with van der Waals surface area (Å²) in [4.78, 5) is 37.4. The molecule has 1 amide bonds. The zero-order valence-electron chi connectivity index (χ0n) is 16.1. The third kappa shape index (κ3) is 10.6. The minimum Gasteiger partial charge on any atom is -0.467 e. The van der Waals surface area contributed by atoms with Gasteiger partial charge in [-0.1, -0.05) is 30.3 Å². The van der Waals surface area contributed by atoms with Gasteiger partial charge in [0.1, 0.15) is 12.6 Å². The fourth-order valence-corrected chi connectivity index (χ4v) is 2.92. The molecule has 0 aromatic heterocycles. The van der Waals surface area contributed by atoms with E-state index in [0.717, 1.165) is 5.56 Å². The molecule has 8 heteroatoms. The molecule has 1 aromatic rings. The number of rotatable bonds is 12. The van der Waals surface area contributed by atoms with Crippen LogP contribution in [-0.2, 0) is 30.5 Å².